The highest BCUT2D eigenvalue weighted by Crippen LogP contribution is 2.35. The molecule has 0 bridgehead atoms. The molecule has 2 rings (SSSR count). The number of aliphatic hydroxyl groups is 3. The highest BCUT2D eigenvalue weighted by Gasteiger charge is 2.54. The van der Waals surface area contributed by atoms with E-state index in [0.717, 1.165) is 4.57 Å². The molecule has 1 aromatic rings. The van der Waals surface area contributed by atoms with E-state index >= 15 is 0 Å². The second kappa shape index (κ2) is 4.64. The van der Waals surface area contributed by atoms with Gasteiger partial charge in [0.15, 0.2) is 11.8 Å². The third-order valence-corrected chi connectivity index (χ3v) is 3.03. The Hall–Kier alpha value is -1.92. The first-order chi connectivity index (χ1) is 8.95. The van der Waals surface area contributed by atoms with Crippen molar-refractivity contribution in [3.8, 4) is 12.3 Å². The highest BCUT2D eigenvalue weighted by atomic mass is 16.6. The highest BCUT2D eigenvalue weighted by molar-refractivity contribution is 5.24. The Morgan fingerprint density at radius 1 is 1.63 bits per heavy atom. The Bertz CT molecular complexity index is 580. The Morgan fingerprint density at radius 2 is 2.32 bits per heavy atom. The summed E-state index contributed by atoms with van der Waals surface area (Å²) >= 11 is 0. The monoisotopic (exact) mass is 267 g/mol. The largest absolute Gasteiger partial charge is 0.392 e. The van der Waals surface area contributed by atoms with E-state index in [1.807, 2.05) is 0 Å². The molecule has 0 saturated carbocycles. The minimum absolute atomic E-state index is 0.0136. The molecule has 1 unspecified atom stereocenters. The molecule has 1 saturated heterocycles. The van der Waals surface area contributed by atoms with Gasteiger partial charge in [0.2, 0.25) is 0 Å². The van der Waals surface area contributed by atoms with Gasteiger partial charge in [-0.25, -0.2) is 4.79 Å². The number of aliphatic hydroxyl groups excluding tert-OH is 3. The molecule has 2 heterocycles. The predicted octanol–water partition coefficient (Wildman–Crippen LogP) is -2.56. The van der Waals surface area contributed by atoms with Crippen molar-refractivity contribution in [1.29, 1.82) is 0 Å². The topological polar surface area (TPSA) is 131 Å². The van der Waals surface area contributed by atoms with Crippen molar-refractivity contribution in [2.24, 2.45) is 0 Å². The average Bonchev–Trinajstić information content (AvgIpc) is 2.64. The molecule has 1 aliphatic rings. The fraction of sp³-hybridized carbons (Fsp3) is 0.455. The number of nitrogen functional groups attached to an aromatic ring is 1. The Morgan fingerprint density at radius 3 is 2.79 bits per heavy atom. The summed E-state index contributed by atoms with van der Waals surface area (Å²) in [5, 5.41) is 29.0. The van der Waals surface area contributed by atoms with Gasteiger partial charge in [0.05, 0.1) is 6.61 Å². The molecule has 0 aliphatic carbocycles. The van der Waals surface area contributed by atoms with Gasteiger partial charge in [-0.05, 0) is 6.07 Å². The number of rotatable bonds is 2. The van der Waals surface area contributed by atoms with Gasteiger partial charge in [-0.2, -0.15) is 4.98 Å². The van der Waals surface area contributed by atoms with Crippen LogP contribution in [0.3, 0.4) is 0 Å². The molecule has 5 N–H and O–H groups in total. The lowest BCUT2D eigenvalue weighted by atomic mass is 9.97. The summed E-state index contributed by atoms with van der Waals surface area (Å²) in [6.07, 6.45) is 2.20. The van der Waals surface area contributed by atoms with Crippen molar-refractivity contribution in [1.82, 2.24) is 9.55 Å². The van der Waals surface area contributed by atoms with Crippen LogP contribution in [0.4, 0.5) is 5.82 Å². The molecule has 1 aliphatic heterocycles. The van der Waals surface area contributed by atoms with Gasteiger partial charge in [-0.1, -0.05) is 5.92 Å². The fourth-order valence-electron chi connectivity index (χ4n) is 1.92. The molecule has 1 fully saturated rings. The van der Waals surface area contributed by atoms with Crippen molar-refractivity contribution in [2.45, 2.75) is 24.0 Å². The van der Waals surface area contributed by atoms with Crippen molar-refractivity contribution in [2.75, 3.05) is 12.3 Å². The zero-order valence-corrected chi connectivity index (χ0v) is 9.80. The molecule has 8 nitrogen and oxygen atoms in total. The molecule has 8 heteroatoms. The van der Waals surface area contributed by atoms with Gasteiger partial charge in [0.1, 0.15) is 18.0 Å². The van der Waals surface area contributed by atoms with Crippen LogP contribution in [-0.4, -0.2) is 49.3 Å². The Kier molecular flexibility index (Phi) is 3.30. The summed E-state index contributed by atoms with van der Waals surface area (Å²) < 4.78 is 6.22. The molecule has 0 amide bonds. The van der Waals surface area contributed by atoms with Gasteiger partial charge >= 0.3 is 5.69 Å². The van der Waals surface area contributed by atoms with Crippen molar-refractivity contribution >= 4 is 5.82 Å². The zero-order valence-electron chi connectivity index (χ0n) is 9.80. The standard InChI is InChI=1S/C11H13N3O5/c1-2-11(5-15)8(17)7(16)9(19-11)14-4-3-6(12)13-10(14)18/h1,3-4,7-9,15-17H,5H2,(H2,12,13,18)/t7?,8-,9-,11-/m1/s1. The maximum atomic E-state index is 11.7. The van der Waals surface area contributed by atoms with E-state index in [1.54, 1.807) is 0 Å². The lowest BCUT2D eigenvalue weighted by Crippen LogP contribution is -2.45. The van der Waals surface area contributed by atoms with Crippen molar-refractivity contribution in [3.63, 3.8) is 0 Å². The van der Waals surface area contributed by atoms with Crippen LogP contribution in [0.5, 0.6) is 0 Å². The van der Waals surface area contributed by atoms with E-state index in [9.17, 15) is 20.1 Å². The van der Waals surface area contributed by atoms with Crippen LogP contribution < -0.4 is 11.4 Å². The van der Waals surface area contributed by atoms with E-state index in [4.69, 9.17) is 16.9 Å². The molecule has 102 valence electrons. The zero-order chi connectivity index (χ0) is 14.2. The van der Waals surface area contributed by atoms with Crippen molar-refractivity contribution in [3.05, 3.63) is 22.7 Å². The maximum absolute atomic E-state index is 11.7. The number of anilines is 1. The number of nitrogens with two attached hydrogens (primary N) is 1. The van der Waals surface area contributed by atoms with Crippen molar-refractivity contribution < 1.29 is 20.1 Å². The molecule has 4 atom stereocenters. The lowest BCUT2D eigenvalue weighted by Gasteiger charge is -2.23. The first-order valence-corrected chi connectivity index (χ1v) is 5.42. The SMILES string of the molecule is C#C[C@]1(CO)O[C@@H](n2ccc(N)nc2=O)C(O)[C@H]1O. The molecular formula is C11H13N3O5. The summed E-state index contributed by atoms with van der Waals surface area (Å²) in [4.78, 5) is 15.1. The van der Waals surface area contributed by atoms with Crippen LogP contribution in [0.1, 0.15) is 6.23 Å². The fourth-order valence-corrected chi connectivity index (χ4v) is 1.92. The minimum atomic E-state index is -1.76. The second-order valence-electron chi connectivity index (χ2n) is 4.18. The van der Waals surface area contributed by atoms with Crippen LogP contribution in [0.15, 0.2) is 17.1 Å². The number of hydrogen-bond donors (Lipinski definition) is 4. The van der Waals surface area contributed by atoms with Crippen LogP contribution in [0, 0.1) is 12.3 Å². The summed E-state index contributed by atoms with van der Waals surface area (Å²) in [7, 11) is 0. The third-order valence-electron chi connectivity index (χ3n) is 3.03. The summed E-state index contributed by atoms with van der Waals surface area (Å²) in [6.45, 7) is -0.699. The quantitative estimate of drug-likeness (QED) is 0.433. The van der Waals surface area contributed by atoms with Gasteiger partial charge in [0.25, 0.3) is 0 Å². The number of hydrogen-bond acceptors (Lipinski definition) is 7. The van der Waals surface area contributed by atoms with E-state index in [0.29, 0.717) is 0 Å². The molecule has 1 aromatic heterocycles. The smallest absolute Gasteiger partial charge is 0.351 e. The summed E-state index contributed by atoms with van der Waals surface area (Å²) in [6, 6.07) is 1.33. The second-order valence-corrected chi connectivity index (χ2v) is 4.18. The first-order valence-electron chi connectivity index (χ1n) is 5.42. The summed E-state index contributed by atoms with van der Waals surface area (Å²) in [5.41, 5.74) is 2.82. The number of terminal acetylenes is 1. The van der Waals surface area contributed by atoms with Gasteiger partial charge in [-0.15, -0.1) is 6.42 Å². The molecule has 0 spiro atoms. The number of nitrogens with zero attached hydrogens (tertiary/aromatic N) is 2. The first kappa shape index (κ1) is 13.5. The van der Waals surface area contributed by atoms with Crippen LogP contribution in [0.2, 0.25) is 0 Å². The van der Waals surface area contributed by atoms with E-state index in [2.05, 4.69) is 10.9 Å². The van der Waals surface area contributed by atoms with Gasteiger partial charge in [-0.3, -0.25) is 4.57 Å². The van der Waals surface area contributed by atoms with E-state index < -0.39 is 36.3 Å². The normalized spacial score (nSPS) is 34.1. The molecule has 0 aromatic carbocycles. The van der Waals surface area contributed by atoms with E-state index in [1.165, 1.54) is 12.3 Å². The molecule has 0 radical (unpaired) electrons. The molecular weight excluding hydrogens is 254 g/mol. The van der Waals surface area contributed by atoms with Crippen LogP contribution >= 0.6 is 0 Å². The number of ether oxygens (including phenoxy) is 1. The average molecular weight is 267 g/mol. The third kappa shape index (κ3) is 1.98. The number of aromatic nitrogens is 2. The van der Waals surface area contributed by atoms with Crippen LogP contribution in [0.25, 0.3) is 0 Å². The van der Waals surface area contributed by atoms with Gasteiger partial charge in [0, 0.05) is 6.20 Å². The predicted molar refractivity (Wildman–Crippen MR) is 63.7 cm³/mol. The minimum Gasteiger partial charge on any atom is -0.392 e. The Balaban J connectivity index is 2.43. The van der Waals surface area contributed by atoms with Gasteiger partial charge < -0.3 is 25.8 Å². The lowest BCUT2D eigenvalue weighted by molar-refractivity contribution is -0.0935. The maximum Gasteiger partial charge on any atom is 0.351 e. The summed E-state index contributed by atoms with van der Waals surface area (Å²) in [5.74, 6) is 2.11. The Labute approximate surface area is 108 Å². The van der Waals surface area contributed by atoms with E-state index in [-0.39, 0.29) is 5.82 Å². The molecule has 19 heavy (non-hydrogen) atoms. The van der Waals surface area contributed by atoms with Crippen LogP contribution in [-0.2, 0) is 4.74 Å².